The highest BCUT2D eigenvalue weighted by Crippen LogP contribution is 2.28. The minimum Gasteiger partial charge on any atom is -0.294 e. The van der Waals surface area contributed by atoms with E-state index in [2.05, 4.69) is 4.98 Å². The predicted octanol–water partition coefficient (Wildman–Crippen LogP) is 3.39. The standard InChI is InChI=1S/C16H10ClN3O4/c17-13-9-10(20(23)24)5-6-11(13)16(22)19-8-2-4-14(21)12-3-1-7-18-15(12)19/h1-3,5-9H,4H2. The molecular weight excluding hydrogens is 334 g/mol. The molecule has 1 amide bonds. The van der Waals surface area contributed by atoms with Crippen molar-refractivity contribution in [2.45, 2.75) is 6.42 Å². The van der Waals surface area contributed by atoms with Gasteiger partial charge in [0.1, 0.15) is 5.82 Å². The maximum absolute atomic E-state index is 12.8. The van der Waals surface area contributed by atoms with Crippen LogP contribution in [0.2, 0.25) is 5.02 Å². The van der Waals surface area contributed by atoms with Gasteiger partial charge in [-0.25, -0.2) is 4.98 Å². The first-order valence-electron chi connectivity index (χ1n) is 6.91. The molecule has 0 atom stereocenters. The molecule has 1 aromatic heterocycles. The molecule has 7 nitrogen and oxygen atoms in total. The first kappa shape index (κ1) is 15.8. The van der Waals surface area contributed by atoms with Crippen molar-refractivity contribution in [1.29, 1.82) is 0 Å². The lowest BCUT2D eigenvalue weighted by Crippen LogP contribution is -2.27. The Morgan fingerprint density at radius 2 is 2.12 bits per heavy atom. The van der Waals surface area contributed by atoms with Gasteiger partial charge in [-0.2, -0.15) is 0 Å². The zero-order chi connectivity index (χ0) is 17.3. The number of hydrogen-bond donors (Lipinski definition) is 0. The van der Waals surface area contributed by atoms with Crippen molar-refractivity contribution in [2.24, 2.45) is 0 Å². The van der Waals surface area contributed by atoms with Crippen LogP contribution in [0.25, 0.3) is 0 Å². The minimum absolute atomic E-state index is 0.0457. The van der Waals surface area contributed by atoms with Crippen molar-refractivity contribution >= 4 is 34.8 Å². The molecule has 1 aliphatic rings. The average Bonchev–Trinajstić information content (AvgIpc) is 2.74. The fourth-order valence-electron chi connectivity index (χ4n) is 2.34. The van der Waals surface area contributed by atoms with Crippen LogP contribution in [-0.4, -0.2) is 21.6 Å². The zero-order valence-corrected chi connectivity index (χ0v) is 12.9. The number of fused-ring (bicyclic) bond motifs is 1. The quantitative estimate of drug-likeness (QED) is 0.615. The highest BCUT2D eigenvalue weighted by molar-refractivity contribution is 6.35. The summed E-state index contributed by atoms with van der Waals surface area (Å²) in [6, 6.07) is 6.80. The van der Waals surface area contributed by atoms with Gasteiger partial charge in [-0.3, -0.25) is 24.6 Å². The summed E-state index contributed by atoms with van der Waals surface area (Å²) in [4.78, 5) is 40.4. The number of nitrogens with zero attached hydrogens (tertiary/aromatic N) is 3. The summed E-state index contributed by atoms with van der Waals surface area (Å²) >= 11 is 6.02. The number of amides is 1. The molecule has 0 saturated carbocycles. The van der Waals surface area contributed by atoms with E-state index in [0.29, 0.717) is 5.56 Å². The summed E-state index contributed by atoms with van der Waals surface area (Å²) in [5.74, 6) is -0.476. The minimum atomic E-state index is -0.596. The second-order valence-corrected chi connectivity index (χ2v) is 5.39. The number of benzene rings is 1. The number of carbonyl (C=O) groups is 2. The number of hydrogen-bond acceptors (Lipinski definition) is 5. The summed E-state index contributed by atoms with van der Waals surface area (Å²) in [6.07, 6.45) is 4.64. The van der Waals surface area contributed by atoms with Crippen molar-refractivity contribution in [2.75, 3.05) is 4.90 Å². The van der Waals surface area contributed by atoms with Gasteiger partial charge in [-0.05, 0) is 18.2 Å². The van der Waals surface area contributed by atoms with Crippen LogP contribution >= 0.6 is 11.6 Å². The first-order chi connectivity index (χ1) is 11.5. The van der Waals surface area contributed by atoms with Crippen LogP contribution in [-0.2, 0) is 0 Å². The first-order valence-corrected chi connectivity index (χ1v) is 7.29. The number of allylic oxidation sites excluding steroid dienone is 1. The molecule has 0 spiro atoms. The number of rotatable bonds is 2. The Labute approximate surface area is 141 Å². The van der Waals surface area contributed by atoms with Crippen LogP contribution in [0.1, 0.15) is 27.1 Å². The molecule has 0 N–H and O–H groups in total. The molecule has 2 heterocycles. The Kier molecular flexibility index (Phi) is 4.09. The fourth-order valence-corrected chi connectivity index (χ4v) is 2.59. The summed E-state index contributed by atoms with van der Waals surface area (Å²) in [6.45, 7) is 0. The molecule has 24 heavy (non-hydrogen) atoms. The topological polar surface area (TPSA) is 93.4 Å². The third-order valence-electron chi connectivity index (χ3n) is 3.49. The molecule has 0 bridgehead atoms. The normalized spacial score (nSPS) is 13.4. The Bertz CT molecular complexity index is 895. The van der Waals surface area contributed by atoms with Crippen LogP contribution in [0.3, 0.4) is 0 Å². The van der Waals surface area contributed by atoms with Crippen molar-refractivity contribution < 1.29 is 14.5 Å². The summed E-state index contributed by atoms with van der Waals surface area (Å²) in [5.41, 5.74) is 0.198. The number of Topliss-reactive ketones (excluding diaryl/α,β-unsaturated/α-hetero) is 1. The van der Waals surface area contributed by atoms with Crippen LogP contribution in [0.15, 0.2) is 48.8 Å². The van der Waals surface area contributed by atoms with E-state index in [0.717, 1.165) is 6.07 Å². The number of anilines is 1. The van der Waals surface area contributed by atoms with Gasteiger partial charge in [0.15, 0.2) is 5.78 Å². The van der Waals surface area contributed by atoms with E-state index >= 15 is 0 Å². The predicted molar refractivity (Wildman–Crippen MR) is 87.2 cm³/mol. The monoisotopic (exact) mass is 343 g/mol. The molecular formula is C16H10ClN3O4. The lowest BCUT2D eigenvalue weighted by Gasteiger charge is -2.18. The number of ketones is 1. The molecule has 0 radical (unpaired) electrons. The lowest BCUT2D eigenvalue weighted by molar-refractivity contribution is -0.384. The molecule has 0 aliphatic carbocycles. The van der Waals surface area contributed by atoms with Crippen molar-refractivity contribution in [3.05, 3.63) is 75.1 Å². The van der Waals surface area contributed by atoms with Crippen LogP contribution in [0.5, 0.6) is 0 Å². The van der Waals surface area contributed by atoms with Crippen molar-refractivity contribution in [3.63, 3.8) is 0 Å². The van der Waals surface area contributed by atoms with E-state index in [1.807, 2.05) is 0 Å². The Hall–Kier alpha value is -3.06. The average molecular weight is 344 g/mol. The highest BCUT2D eigenvalue weighted by atomic mass is 35.5. The zero-order valence-electron chi connectivity index (χ0n) is 12.2. The number of non-ortho nitro benzene ring substituents is 1. The number of nitro benzene ring substituents is 1. The molecule has 120 valence electrons. The second kappa shape index (κ2) is 6.21. The van der Waals surface area contributed by atoms with Gasteiger partial charge in [-0.1, -0.05) is 17.7 Å². The number of carbonyl (C=O) groups excluding carboxylic acids is 2. The van der Waals surface area contributed by atoms with Gasteiger partial charge in [-0.15, -0.1) is 0 Å². The Balaban J connectivity index is 2.05. The summed E-state index contributed by atoms with van der Waals surface area (Å²) < 4.78 is 0. The molecule has 3 rings (SSSR count). The van der Waals surface area contributed by atoms with E-state index < -0.39 is 10.8 Å². The number of pyridine rings is 1. The molecule has 1 aliphatic heterocycles. The number of halogens is 1. The molecule has 1 aromatic carbocycles. The van der Waals surface area contributed by atoms with E-state index in [9.17, 15) is 19.7 Å². The highest BCUT2D eigenvalue weighted by Gasteiger charge is 2.26. The molecule has 2 aromatic rings. The van der Waals surface area contributed by atoms with Gasteiger partial charge in [0, 0.05) is 31.0 Å². The third kappa shape index (κ3) is 2.77. The van der Waals surface area contributed by atoms with E-state index in [1.165, 1.54) is 29.4 Å². The smallest absolute Gasteiger partial charge is 0.270 e. The number of aromatic nitrogens is 1. The number of nitro groups is 1. The maximum atomic E-state index is 12.8. The van der Waals surface area contributed by atoms with Gasteiger partial charge in [0.05, 0.1) is 21.1 Å². The molecule has 0 saturated heterocycles. The SMILES string of the molecule is O=C1CC=CN(C(=O)c2ccc([N+](=O)[O-])cc2Cl)c2ncccc21. The lowest BCUT2D eigenvalue weighted by atomic mass is 10.1. The Morgan fingerprint density at radius 3 is 2.83 bits per heavy atom. The van der Waals surface area contributed by atoms with Crippen molar-refractivity contribution in [3.8, 4) is 0 Å². The maximum Gasteiger partial charge on any atom is 0.270 e. The van der Waals surface area contributed by atoms with E-state index in [1.54, 1.807) is 18.2 Å². The Morgan fingerprint density at radius 1 is 1.33 bits per heavy atom. The molecule has 8 heteroatoms. The van der Waals surface area contributed by atoms with Gasteiger partial charge in [0.2, 0.25) is 0 Å². The molecule has 0 unspecified atom stereocenters. The molecule has 0 fully saturated rings. The van der Waals surface area contributed by atoms with E-state index in [4.69, 9.17) is 11.6 Å². The van der Waals surface area contributed by atoms with Gasteiger partial charge >= 0.3 is 0 Å². The van der Waals surface area contributed by atoms with E-state index in [-0.39, 0.29) is 34.3 Å². The van der Waals surface area contributed by atoms with Crippen molar-refractivity contribution in [1.82, 2.24) is 4.98 Å². The van der Waals surface area contributed by atoms with Crippen LogP contribution in [0, 0.1) is 10.1 Å². The second-order valence-electron chi connectivity index (χ2n) is 4.98. The summed E-state index contributed by atoms with van der Waals surface area (Å²) in [5, 5.41) is 10.7. The van der Waals surface area contributed by atoms with Gasteiger partial charge in [0.25, 0.3) is 11.6 Å². The fraction of sp³-hybridized carbons (Fsp3) is 0.0625. The van der Waals surface area contributed by atoms with Crippen LogP contribution in [0.4, 0.5) is 11.5 Å². The third-order valence-corrected chi connectivity index (χ3v) is 3.80. The van der Waals surface area contributed by atoms with Gasteiger partial charge < -0.3 is 0 Å². The van der Waals surface area contributed by atoms with Crippen LogP contribution < -0.4 is 4.90 Å². The summed E-state index contributed by atoms with van der Waals surface area (Å²) in [7, 11) is 0. The largest absolute Gasteiger partial charge is 0.294 e.